The molecule has 0 fully saturated rings. The molecule has 2 aromatic rings. The Hall–Kier alpha value is -2.58. The van der Waals surface area contributed by atoms with E-state index in [1.54, 1.807) is 6.92 Å². The first-order valence-electron chi connectivity index (χ1n) is 7.28. The van der Waals surface area contributed by atoms with Gasteiger partial charge in [-0.3, -0.25) is 9.89 Å². The second-order valence-corrected chi connectivity index (χ2v) is 5.12. The van der Waals surface area contributed by atoms with Gasteiger partial charge in [-0.15, -0.1) is 0 Å². The number of carbonyl (C=O) groups is 1. The largest absolute Gasteiger partial charge is 0.484 e. The van der Waals surface area contributed by atoms with Crippen molar-refractivity contribution < 1.29 is 22.7 Å². The minimum atomic E-state index is -4.40. The molecule has 1 aromatic carbocycles. The summed E-state index contributed by atoms with van der Waals surface area (Å²) in [5.41, 5.74) is -0.773. The summed E-state index contributed by atoms with van der Waals surface area (Å²) in [6, 6.07) is 3.79. The van der Waals surface area contributed by atoms with Crippen molar-refractivity contribution in [3.63, 3.8) is 0 Å². The van der Waals surface area contributed by atoms with Crippen LogP contribution in [0.3, 0.4) is 0 Å². The van der Waals surface area contributed by atoms with Crippen LogP contribution in [0.5, 0.6) is 5.75 Å². The second kappa shape index (κ2) is 7.33. The van der Waals surface area contributed by atoms with Crippen LogP contribution in [0.4, 0.5) is 13.2 Å². The summed E-state index contributed by atoms with van der Waals surface area (Å²) in [5, 5.41) is 9.40. The number of amides is 1. The lowest BCUT2D eigenvalue weighted by atomic mass is 10.2. The van der Waals surface area contributed by atoms with Crippen LogP contribution in [0.2, 0.25) is 0 Å². The van der Waals surface area contributed by atoms with Gasteiger partial charge in [0.05, 0.1) is 11.6 Å². The number of halogens is 3. The quantitative estimate of drug-likeness (QED) is 0.846. The molecule has 0 aliphatic rings. The third kappa shape index (κ3) is 4.71. The van der Waals surface area contributed by atoms with E-state index >= 15 is 0 Å². The standard InChI is InChI=1S/C15H17F3N4O2/c1-3-12(14-19-9(2)21-22-14)20-13(23)8-24-11-6-4-10(5-7-11)15(16,17)18/h4-7,12H,3,8H2,1-2H3,(H,20,23)(H,19,21,22). The number of nitrogens with zero attached hydrogens (tertiary/aromatic N) is 2. The van der Waals surface area contributed by atoms with Gasteiger partial charge in [-0.25, -0.2) is 4.98 Å². The highest BCUT2D eigenvalue weighted by molar-refractivity contribution is 5.77. The summed E-state index contributed by atoms with van der Waals surface area (Å²) in [6.07, 6.45) is -3.82. The number of aromatic nitrogens is 3. The van der Waals surface area contributed by atoms with E-state index in [2.05, 4.69) is 20.5 Å². The minimum absolute atomic E-state index is 0.180. The third-order valence-electron chi connectivity index (χ3n) is 3.22. The van der Waals surface area contributed by atoms with Crippen molar-refractivity contribution in [2.45, 2.75) is 32.5 Å². The highest BCUT2D eigenvalue weighted by Gasteiger charge is 2.30. The van der Waals surface area contributed by atoms with Crippen LogP contribution in [0, 0.1) is 6.92 Å². The van der Waals surface area contributed by atoms with Crippen molar-refractivity contribution in [1.29, 1.82) is 0 Å². The zero-order chi connectivity index (χ0) is 17.7. The Kier molecular flexibility index (Phi) is 5.42. The number of hydrogen-bond donors (Lipinski definition) is 2. The highest BCUT2D eigenvalue weighted by Crippen LogP contribution is 2.30. The van der Waals surface area contributed by atoms with Gasteiger partial charge in [-0.05, 0) is 37.6 Å². The molecular weight excluding hydrogens is 325 g/mol. The van der Waals surface area contributed by atoms with Crippen molar-refractivity contribution in [2.24, 2.45) is 0 Å². The number of H-pyrrole nitrogens is 1. The summed E-state index contributed by atoms with van der Waals surface area (Å²) < 4.78 is 42.6. The summed E-state index contributed by atoms with van der Waals surface area (Å²) in [5.74, 6) is 0.876. The van der Waals surface area contributed by atoms with Gasteiger partial charge in [0.1, 0.15) is 11.6 Å². The van der Waals surface area contributed by atoms with Gasteiger partial charge in [0, 0.05) is 0 Å². The number of benzene rings is 1. The monoisotopic (exact) mass is 342 g/mol. The molecule has 0 saturated heterocycles. The molecule has 2 rings (SSSR count). The molecule has 1 aromatic heterocycles. The Labute approximate surface area is 136 Å². The first-order valence-corrected chi connectivity index (χ1v) is 7.28. The van der Waals surface area contributed by atoms with E-state index in [4.69, 9.17) is 4.74 Å². The molecule has 0 aliphatic carbocycles. The van der Waals surface area contributed by atoms with Crippen LogP contribution in [-0.2, 0) is 11.0 Å². The van der Waals surface area contributed by atoms with E-state index in [9.17, 15) is 18.0 Å². The lowest BCUT2D eigenvalue weighted by molar-refractivity contribution is -0.137. The SMILES string of the molecule is CCC(NC(=O)COc1ccc(C(F)(F)F)cc1)c1n[nH]c(C)n1. The van der Waals surface area contributed by atoms with E-state index in [0.717, 1.165) is 12.1 Å². The molecule has 0 aliphatic heterocycles. The number of aryl methyl sites for hydroxylation is 1. The Morgan fingerprint density at radius 3 is 2.50 bits per heavy atom. The van der Waals surface area contributed by atoms with Crippen molar-refractivity contribution >= 4 is 5.91 Å². The molecule has 1 heterocycles. The van der Waals surface area contributed by atoms with Crippen LogP contribution in [0.1, 0.15) is 36.6 Å². The fourth-order valence-electron chi connectivity index (χ4n) is 1.99. The van der Waals surface area contributed by atoms with Crippen molar-refractivity contribution in [1.82, 2.24) is 20.5 Å². The number of ether oxygens (including phenoxy) is 1. The number of carbonyl (C=O) groups excluding carboxylic acids is 1. The number of aromatic amines is 1. The van der Waals surface area contributed by atoms with Crippen molar-refractivity contribution in [2.75, 3.05) is 6.61 Å². The lowest BCUT2D eigenvalue weighted by Gasteiger charge is -2.14. The molecule has 6 nitrogen and oxygen atoms in total. The number of alkyl halides is 3. The van der Waals surface area contributed by atoms with Crippen LogP contribution >= 0.6 is 0 Å². The first-order chi connectivity index (χ1) is 11.3. The molecule has 1 unspecified atom stereocenters. The maximum atomic E-state index is 12.5. The topological polar surface area (TPSA) is 79.9 Å². The van der Waals surface area contributed by atoms with E-state index in [1.807, 2.05) is 6.92 Å². The van der Waals surface area contributed by atoms with Gasteiger partial charge in [-0.2, -0.15) is 18.3 Å². The zero-order valence-corrected chi connectivity index (χ0v) is 13.1. The molecule has 0 spiro atoms. The van der Waals surface area contributed by atoms with Gasteiger partial charge in [0.2, 0.25) is 0 Å². The average Bonchev–Trinajstić information content (AvgIpc) is 2.96. The zero-order valence-electron chi connectivity index (χ0n) is 13.1. The maximum Gasteiger partial charge on any atom is 0.416 e. The Balaban J connectivity index is 1.88. The molecule has 130 valence electrons. The summed E-state index contributed by atoms with van der Waals surface area (Å²) >= 11 is 0. The molecule has 24 heavy (non-hydrogen) atoms. The molecule has 1 atom stereocenters. The van der Waals surface area contributed by atoms with Gasteiger partial charge in [-0.1, -0.05) is 6.92 Å². The fourth-order valence-corrected chi connectivity index (χ4v) is 1.99. The average molecular weight is 342 g/mol. The van der Waals surface area contributed by atoms with Gasteiger partial charge in [0.15, 0.2) is 12.4 Å². The fraction of sp³-hybridized carbons (Fsp3) is 0.400. The molecule has 0 bridgehead atoms. The van der Waals surface area contributed by atoms with Crippen molar-refractivity contribution in [3.05, 3.63) is 41.5 Å². The predicted octanol–water partition coefficient (Wildman–Crippen LogP) is 2.78. The maximum absolute atomic E-state index is 12.5. The number of nitrogens with one attached hydrogen (secondary N) is 2. The number of rotatable bonds is 6. The van der Waals surface area contributed by atoms with Crippen molar-refractivity contribution in [3.8, 4) is 5.75 Å². The van der Waals surface area contributed by atoms with E-state index in [-0.39, 0.29) is 18.4 Å². The second-order valence-electron chi connectivity index (χ2n) is 5.12. The van der Waals surface area contributed by atoms with Gasteiger partial charge >= 0.3 is 6.18 Å². The molecule has 9 heteroatoms. The van der Waals surface area contributed by atoms with Crippen LogP contribution < -0.4 is 10.1 Å². The number of hydrogen-bond acceptors (Lipinski definition) is 4. The molecule has 0 saturated carbocycles. The first kappa shape index (κ1) is 17.8. The smallest absolute Gasteiger partial charge is 0.416 e. The Morgan fingerprint density at radius 1 is 1.33 bits per heavy atom. The van der Waals surface area contributed by atoms with Crippen LogP contribution in [0.15, 0.2) is 24.3 Å². The van der Waals surface area contributed by atoms with E-state index < -0.39 is 17.6 Å². The molecular formula is C15H17F3N4O2. The normalized spacial score (nSPS) is 12.7. The lowest BCUT2D eigenvalue weighted by Crippen LogP contribution is -2.33. The predicted molar refractivity (Wildman–Crippen MR) is 79.2 cm³/mol. The third-order valence-corrected chi connectivity index (χ3v) is 3.22. The highest BCUT2D eigenvalue weighted by atomic mass is 19.4. The molecule has 1 amide bonds. The summed E-state index contributed by atoms with van der Waals surface area (Å²) in [7, 11) is 0. The summed E-state index contributed by atoms with van der Waals surface area (Å²) in [4.78, 5) is 16.1. The van der Waals surface area contributed by atoms with Crippen LogP contribution in [0.25, 0.3) is 0 Å². The Bertz CT molecular complexity index is 683. The van der Waals surface area contributed by atoms with Gasteiger partial charge in [0.25, 0.3) is 5.91 Å². The Morgan fingerprint density at radius 2 is 2.00 bits per heavy atom. The van der Waals surface area contributed by atoms with Crippen LogP contribution in [-0.4, -0.2) is 27.7 Å². The van der Waals surface area contributed by atoms with E-state index in [0.29, 0.717) is 18.1 Å². The summed E-state index contributed by atoms with van der Waals surface area (Å²) in [6.45, 7) is 3.30. The molecule has 0 radical (unpaired) electrons. The van der Waals surface area contributed by atoms with Gasteiger partial charge < -0.3 is 10.1 Å². The van der Waals surface area contributed by atoms with E-state index in [1.165, 1.54) is 12.1 Å². The molecule has 2 N–H and O–H groups in total. The minimum Gasteiger partial charge on any atom is -0.484 e.